The summed E-state index contributed by atoms with van der Waals surface area (Å²) in [4.78, 5) is 0.152. The van der Waals surface area contributed by atoms with Gasteiger partial charge >= 0.3 is 0 Å². The molecule has 0 unspecified atom stereocenters. The van der Waals surface area contributed by atoms with E-state index in [1.165, 1.54) is 6.07 Å². The fourth-order valence-electron chi connectivity index (χ4n) is 1.83. The van der Waals surface area contributed by atoms with Gasteiger partial charge in [-0.1, -0.05) is 12.1 Å². The summed E-state index contributed by atoms with van der Waals surface area (Å²) in [6.07, 6.45) is 0. The average Bonchev–Trinajstić information content (AvgIpc) is 2.27. The molecule has 0 radical (unpaired) electrons. The highest BCUT2D eigenvalue weighted by Gasteiger charge is 2.30. The van der Waals surface area contributed by atoms with Gasteiger partial charge in [0, 0.05) is 6.92 Å². The van der Waals surface area contributed by atoms with Crippen LogP contribution >= 0.6 is 0 Å². The molecule has 0 fully saturated rings. The molecule has 4 nitrogen and oxygen atoms in total. The van der Waals surface area contributed by atoms with Crippen molar-refractivity contribution >= 4 is 15.7 Å². The number of benzene rings is 1. The van der Waals surface area contributed by atoms with Crippen molar-refractivity contribution in [2.24, 2.45) is 5.14 Å². The van der Waals surface area contributed by atoms with E-state index in [1.54, 1.807) is 12.1 Å². The molecule has 0 aliphatic rings. The Morgan fingerprint density at radius 2 is 1.83 bits per heavy atom. The molecular formula is C13H21N2O2S+. The smallest absolute Gasteiger partial charge is 0.238 e. The van der Waals surface area contributed by atoms with E-state index in [-0.39, 0.29) is 10.3 Å². The van der Waals surface area contributed by atoms with E-state index in [2.05, 4.69) is 13.8 Å². The molecule has 2 N–H and O–H groups in total. The number of hydrogen-bond acceptors (Lipinski definition) is 2. The van der Waals surface area contributed by atoms with Crippen molar-refractivity contribution in [3.63, 3.8) is 0 Å². The second-order valence-electron chi connectivity index (χ2n) is 5.18. The zero-order chi connectivity index (χ0) is 14.1. The number of rotatable bonds is 3. The summed E-state index contributed by atoms with van der Waals surface area (Å²) in [5.41, 5.74) is 1.83. The van der Waals surface area contributed by atoms with Crippen LogP contribution in [0.2, 0.25) is 0 Å². The van der Waals surface area contributed by atoms with Crippen LogP contribution in [0.15, 0.2) is 29.2 Å². The lowest BCUT2D eigenvalue weighted by atomic mass is 9.80. The van der Waals surface area contributed by atoms with E-state index in [9.17, 15) is 8.42 Å². The van der Waals surface area contributed by atoms with Crippen LogP contribution in [0.3, 0.4) is 0 Å². The van der Waals surface area contributed by atoms with E-state index >= 15 is 0 Å². The van der Waals surface area contributed by atoms with Crippen molar-refractivity contribution in [1.29, 1.82) is 0 Å². The number of sulfonamides is 1. The van der Waals surface area contributed by atoms with E-state index in [0.717, 1.165) is 11.3 Å². The zero-order valence-corrected chi connectivity index (χ0v) is 12.4. The molecule has 1 aromatic carbocycles. The minimum Gasteiger partial charge on any atom is -0.242 e. The third-order valence-electron chi connectivity index (χ3n) is 3.46. The minimum absolute atomic E-state index is 0.152. The average molecular weight is 269 g/mol. The van der Waals surface area contributed by atoms with Crippen LogP contribution < -0.4 is 5.14 Å². The first-order valence-corrected chi connectivity index (χ1v) is 7.26. The van der Waals surface area contributed by atoms with Crippen molar-refractivity contribution in [1.82, 2.24) is 0 Å². The predicted molar refractivity (Wildman–Crippen MR) is 73.6 cm³/mol. The second-order valence-corrected chi connectivity index (χ2v) is 6.74. The molecule has 0 aliphatic carbocycles. The van der Waals surface area contributed by atoms with Crippen molar-refractivity contribution in [2.45, 2.75) is 31.1 Å². The van der Waals surface area contributed by atoms with E-state index < -0.39 is 10.0 Å². The molecule has 0 amide bonds. The number of nitrogens with zero attached hydrogens (tertiary/aromatic N) is 1. The van der Waals surface area contributed by atoms with Gasteiger partial charge < -0.3 is 0 Å². The van der Waals surface area contributed by atoms with Gasteiger partial charge in [0.25, 0.3) is 0 Å². The third-order valence-corrected chi connectivity index (χ3v) is 4.37. The molecule has 1 rings (SSSR count). The Labute approximate surface area is 109 Å². The van der Waals surface area contributed by atoms with Gasteiger partial charge in [0.1, 0.15) is 14.1 Å². The summed E-state index contributed by atoms with van der Waals surface area (Å²) in [6.45, 7) is 6.15. The van der Waals surface area contributed by atoms with Gasteiger partial charge in [-0.25, -0.2) is 18.1 Å². The van der Waals surface area contributed by atoms with Crippen LogP contribution in [0.25, 0.3) is 0 Å². The molecular weight excluding hydrogens is 248 g/mol. The van der Waals surface area contributed by atoms with Crippen molar-refractivity contribution in [3.8, 4) is 0 Å². The summed E-state index contributed by atoms with van der Waals surface area (Å²) in [5, 5.41) is 5.16. The lowest BCUT2D eigenvalue weighted by Crippen LogP contribution is -2.32. The fraction of sp³-hybridized carbons (Fsp3) is 0.462. The molecule has 0 heterocycles. The summed E-state index contributed by atoms with van der Waals surface area (Å²) in [7, 11) is 0.291. The molecule has 5 heteroatoms. The maximum absolute atomic E-state index is 11.4. The second kappa shape index (κ2) is 4.82. The fourth-order valence-corrected chi connectivity index (χ4v) is 2.39. The van der Waals surface area contributed by atoms with Crippen LogP contribution in [0, 0.1) is 0 Å². The van der Waals surface area contributed by atoms with Crippen molar-refractivity contribution in [2.75, 3.05) is 14.1 Å². The maximum atomic E-state index is 11.4. The minimum atomic E-state index is -3.65. The van der Waals surface area contributed by atoms with E-state index in [1.807, 2.05) is 31.7 Å². The summed E-state index contributed by atoms with van der Waals surface area (Å²) < 4.78 is 24.8. The zero-order valence-electron chi connectivity index (χ0n) is 11.6. The van der Waals surface area contributed by atoms with Crippen LogP contribution in [0.4, 0.5) is 0 Å². The quantitative estimate of drug-likeness (QED) is 0.665. The van der Waals surface area contributed by atoms with Crippen LogP contribution in [-0.4, -0.2) is 32.8 Å². The van der Waals surface area contributed by atoms with Gasteiger partial charge in [0.05, 0.1) is 10.3 Å². The van der Waals surface area contributed by atoms with Gasteiger partial charge in [-0.05, 0) is 31.5 Å². The van der Waals surface area contributed by atoms with Crippen molar-refractivity contribution < 1.29 is 13.0 Å². The highest BCUT2D eigenvalue weighted by Crippen LogP contribution is 2.26. The lowest BCUT2D eigenvalue weighted by Gasteiger charge is -2.23. The van der Waals surface area contributed by atoms with Crippen LogP contribution in [-0.2, 0) is 15.4 Å². The highest BCUT2D eigenvalue weighted by atomic mass is 32.2. The molecule has 0 bridgehead atoms. The molecule has 0 saturated carbocycles. The molecule has 18 heavy (non-hydrogen) atoms. The Morgan fingerprint density at radius 1 is 1.28 bits per heavy atom. The van der Waals surface area contributed by atoms with Crippen LogP contribution in [0.1, 0.15) is 26.3 Å². The molecule has 0 spiro atoms. The lowest BCUT2D eigenvalue weighted by molar-refractivity contribution is -0.467. The third kappa shape index (κ3) is 2.97. The van der Waals surface area contributed by atoms with E-state index in [0.29, 0.717) is 0 Å². The Bertz CT molecular complexity index is 583. The van der Waals surface area contributed by atoms with E-state index in [4.69, 9.17) is 5.14 Å². The summed E-state index contributed by atoms with van der Waals surface area (Å²) in [5.74, 6) is 0. The van der Waals surface area contributed by atoms with Crippen molar-refractivity contribution in [3.05, 3.63) is 29.8 Å². The van der Waals surface area contributed by atoms with Gasteiger partial charge in [-0.15, -0.1) is 0 Å². The van der Waals surface area contributed by atoms with Gasteiger partial charge in [-0.3, -0.25) is 0 Å². The Balaban J connectivity index is 3.40. The monoisotopic (exact) mass is 269 g/mol. The topological polar surface area (TPSA) is 63.2 Å². The standard InChI is InChI=1S/C13H21N2O2S/c1-10(15(4)5)13(2,3)11-7-6-8-12(9-11)18(14,16)17/h6-9H,1-5H3,(H2,14,16,17)/q+1. The maximum Gasteiger partial charge on any atom is 0.238 e. The summed E-state index contributed by atoms with van der Waals surface area (Å²) in [6, 6.07) is 6.80. The Kier molecular flexibility index (Phi) is 3.98. The predicted octanol–water partition coefficient (Wildman–Crippen LogP) is 1.34. The first kappa shape index (κ1) is 14.9. The first-order chi connectivity index (χ1) is 8.06. The Hall–Kier alpha value is -1.20. The highest BCUT2D eigenvalue weighted by molar-refractivity contribution is 7.89. The molecule has 0 saturated heterocycles. The molecule has 0 atom stereocenters. The SMILES string of the molecule is CC(=[N+](C)C)C(C)(C)c1cccc(S(N)(=O)=O)c1. The molecule has 0 aromatic heterocycles. The molecule has 0 aliphatic heterocycles. The Morgan fingerprint density at radius 3 is 2.28 bits per heavy atom. The van der Waals surface area contributed by atoms with Gasteiger partial charge in [0.2, 0.25) is 10.0 Å². The summed E-state index contributed by atoms with van der Waals surface area (Å²) >= 11 is 0. The number of primary sulfonamides is 1. The first-order valence-electron chi connectivity index (χ1n) is 5.71. The normalized spacial score (nSPS) is 12.3. The largest absolute Gasteiger partial charge is 0.242 e. The van der Waals surface area contributed by atoms with Crippen LogP contribution in [0.5, 0.6) is 0 Å². The number of nitrogens with two attached hydrogens (primary N) is 1. The molecule has 100 valence electrons. The van der Waals surface area contributed by atoms with Gasteiger partial charge in [0.15, 0.2) is 5.71 Å². The van der Waals surface area contributed by atoms with Gasteiger partial charge in [-0.2, -0.15) is 0 Å². The number of hydrogen-bond donors (Lipinski definition) is 1. The molecule has 1 aromatic rings.